The van der Waals surface area contributed by atoms with Crippen molar-refractivity contribution < 1.29 is 8.42 Å². The van der Waals surface area contributed by atoms with E-state index in [4.69, 9.17) is 0 Å². The number of aromatic amines is 1. The second kappa shape index (κ2) is 9.99. The first-order valence-electron chi connectivity index (χ1n) is 13.0. The van der Waals surface area contributed by atoms with E-state index in [1.807, 2.05) is 79.7 Å². The molecule has 1 aliphatic carbocycles. The Kier molecular flexibility index (Phi) is 6.38. The van der Waals surface area contributed by atoms with E-state index in [0.717, 1.165) is 57.3 Å². The number of H-pyrrole nitrogens is 1. The number of aromatic nitrogens is 1. The number of para-hydroxylation sites is 1. The molecule has 0 bridgehead atoms. The maximum absolute atomic E-state index is 14.5. The molecule has 5 heteroatoms. The van der Waals surface area contributed by atoms with Crippen LogP contribution in [0, 0.1) is 6.92 Å². The van der Waals surface area contributed by atoms with Gasteiger partial charge in [0.2, 0.25) is 0 Å². The summed E-state index contributed by atoms with van der Waals surface area (Å²) < 4.78 is 30.6. The summed E-state index contributed by atoms with van der Waals surface area (Å²) >= 11 is 0. The molecule has 0 radical (unpaired) electrons. The fraction of sp³-hybridized carbons (Fsp3) is 0.152. The second-order valence-corrected chi connectivity index (χ2v) is 11.8. The molecule has 6 rings (SSSR count). The predicted octanol–water partition coefficient (Wildman–Crippen LogP) is 7.66. The highest BCUT2D eigenvalue weighted by Crippen LogP contribution is 2.48. The van der Waals surface area contributed by atoms with Gasteiger partial charge >= 0.3 is 0 Å². The highest BCUT2D eigenvalue weighted by molar-refractivity contribution is 7.89. The van der Waals surface area contributed by atoms with Crippen molar-refractivity contribution in [2.45, 2.75) is 37.1 Å². The van der Waals surface area contributed by atoms with Gasteiger partial charge in [0.15, 0.2) is 0 Å². The molecule has 1 aromatic heterocycles. The van der Waals surface area contributed by atoms with Gasteiger partial charge in [-0.15, -0.1) is 0 Å². The molecule has 5 aromatic rings. The van der Waals surface area contributed by atoms with Crippen LogP contribution in [-0.2, 0) is 16.6 Å². The number of hydrogen-bond acceptors (Lipinski definition) is 2. The molecule has 1 aliphatic rings. The standard InChI is InChI=1S/C33H30N2O2S/c1-24-16-18-27(19-17-24)38(36,37)35(23-25-10-4-2-5-11-25)33-28(26-12-6-3-7-13-26)20-21-30(33)31-22-34-32-15-9-8-14-29(31)32/h2-19,22,30,34H,20-21,23H2,1H3/t30-/m0/s1. The van der Waals surface area contributed by atoms with Crippen molar-refractivity contribution in [3.8, 4) is 0 Å². The number of allylic oxidation sites excluding steroid dienone is 2. The number of sulfonamides is 1. The average molecular weight is 519 g/mol. The summed E-state index contributed by atoms with van der Waals surface area (Å²) in [6.07, 6.45) is 3.71. The Morgan fingerprint density at radius 2 is 1.47 bits per heavy atom. The number of nitrogens with zero attached hydrogens (tertiary/aromatic N) is 1. The molecule has 1 atom stereocenters. The Morgan fingerprint density at radius 1 is 0.816 bits per heavy atom. The number of nitrogens with one attached hydrogen (secondary N) is 1. The Balaban J connectivity index is 1.59. The zero-order valence-electron chi connectivity index (χ0n) is 21.3. The van der Waals surface area contributed by atoms with Crippen molar-refractivity contribution in [1.82, 2.24) is 9.29 Å². The summed E-state index contributed by atoms with van der Waals surface area (Å²) in [5.41, 5.74) is 7.21. The van der Waals surface area contributed by atoms with Crippen LogP contribution in [-0.4, -0.2) is 17.7 Å². The summed E-state index contributed by atoms with van der Waals surface area (Å²) in [5, 5.41) is 1.14. The van der Waals surface area contributed by atoms with Crippen LogP contribution >= 0.6 is 0 Å². The highest BCUT2D eigenvalue weighted by atomic mass is 32.2. The minimum Gasteiger partial charge on any atom is -0.361 e. The number of rotatable bonds is 7. The maximum Gasteiger partial charge on any atom is 0.264 e. The van der Waals surface area contributed by atoms with Crippen molar-refractivity contribution in [3.05, 3.63) is 143 Å². The van der Waals surface area contributed by atoms with E-state index in [2.05, 4.69) is 35.4 Å². The van der Waals surface area contributed by atoms with Gasteiger partial charge in [-0.2, -0.15) is 0 Å². The molecule has 190 valence electrons. The smallest absolute Gasteiger partial charge is 0.264 e. The van der Waals surface area contributed by atoms with Crippen molar-refractivity contribution in [1.29, 1.82) is 0 Å². The van der Waals surface area contributed by atoms with Gasteiger partial charge in [-0.1, -0.05) is 96.6 Å². The zero-order valence-corrected chi connectivity index (χ0v) is 22.2. The van der Waals surface area contributed by atoms with Crippen LogP contribution in [0.4, 0.5) is 0 Å². The number of hydrogen-bond donors (Lipinski definition) is 1. The average Bonchev–Trinajstić information content (AvgIpc) is 3.57. The summed E-state index contributed by atoms with van der Waals surface area (Å²) in [6.45, 7) is 2.24. The van der Waals surface area contributed by atoms with Crippen LogP contribution in [0.2, 0.25) is 0 Å². The van der Waals surface area contributed by atoms with Gasteiger partial charge in [-0.25, -0.2) is 8.42 Å². The first-order valence-corrected chi connectivity index (χ1v) is 14.4. The van der Waals surface area contributed by atoms with E-state index in [-0.39, 0.29) is 12.5 Å². The van der Waals surface area contributed by atoms with Gasteiger partial charge in [-0.05, 0) is 60.2 Å². The molecular weight excluding hydrogens is 488 g/mol. The molecule has 0 unspecified atom stereocenters. The molecule has 4 aromatic carbocycles. The lowest BCUT2D eigenvalue weighted by Crippen LogP contribution is -2.32. The molecule has 0 amide bonds. The fourth-order valence-corrected chi connectivity index (χ4v) is 7.14. The molecular formula is C33H30N2O2S. The third-order valence-electron chi connectivity index (χ3n) is 7.49. The van der Waals surface area contributed by atoms with Gasteiger partial charge in [0.25, 0.3) is 10.0 Å². The Bertz CT molecular complexity index is 1700. The predicted molar refractivity (Wildman–Crippen MR) is 154 cm³/mol. The number of fused-ring (bicyclic) bond motifs is 1. The van der Waals surface area contributed by atoms with Gasteiger partial charge in [0.05, 0.1) is 11.4 Å². The lowest BCUT2D eigenvalue weighted by molar-refractivity contribution is 0.451. The van der Waals surface area contributed by atoms with E-state index >= 15 is 0 Å². The Labute approximate surface area is 224 Å². The summed E-state index contributed by atoms with van der Waals surface area (Å²) in [4.78, 5) is 3.72. The van der Waals surface area contributed by atoms with Crippen LogP contribution in [0.1, 0.15) is 41.0 Å². The SMILES string of the molecule is Cc1ccc(S(=O)(=O)N(Cc2ccccc2)C2=C(c3ccccc3)CC[C@H]2c2c[nH]c3ccccc23)cc1. The largest absolute Gasteiger partial charge is 0.361 e. The van der Waals surface area contributed by atoms with Gasteiger partial charge in [-0.3, -0.25) is 4.31 Å². The van der Waals surface area contributed by atoms with E-state index < -0.39 is 10.0 Å². The van der Waals surface area contributed by atoms with Crippen molar-refractivity contribution in [2.24, 2.45) is 0 Å². The maximum atomic E-state index is 14.5. The highest BCUT2D eigenvalue weighted by Gasteiger charge is 2.38. The van der Waals surface area contributed by atoms with Crippen LogP contribution in [0.25, 0.3) is 16.5 Å². The number of benzene rings is 4. The zero-order chi connectivity index (χ0) is 26.1. The molecule has 0 aliphatic heterocycles. The van der Waals surface area contributed by atoms with Crippen molar-refractivity contribution in [2.75, 3.05) is 0 Å². The Hall–Kier alpha value is -4.09. The molecule has 0 spiro atoms. The minimum atomic E-state index is -3.85. The summed E-state index contributed by atoms with van der Waals surface area (Å²) in [6, 6.07) is 35.5. The van der Waals surface area contributed by atoms with E-state index in [0.29, 0.717) is 4.90 Å². The van der Waals surface area contributed by atoms with E-state index in [9.17, 15) is 8.42 Å². The van der Waals surface area contributed by atoms with Crippen LogP contribution in [0.15, 0.2) is 126 Å². The lowest BCUT2D eigenvalue weighted by atomic mass is 9.95. The third-order valence-corrected chi connectivity index (χ3v) is 9.26. The first-order chi connectivity index (χ1) is 18.5. The quantitative estimate of drug-likeness (QED) is 0.240. The van der Waals surface area contributed by atoms with Crippen LogP contribution in [0.3, 0.4) is 0 Å². The summed E-state index contributed by atoms with van der Waals surface area (Å²) in [7, 11) is -3.85. The van der Waals surface area contributed by atoms with Crippen molar-refractivity contribution in [3.63, 3.8) is 0 Å². The van der Waals surface area contributed by atoms with Gasteiger partial charge in [0, 0.05) is 28.7 Å². The molecule has 1 N–H and O–H groups in total. The van der Waals surface area contributed by atoms with Gasteiger partial charge in [0.1, 0.15) is 0 Å². The third kappa shape index (κ3) is 4.44. The Morgan fingerprint density at radius 3 is 2.21 bits per heavy atom. The van der Waals surface area contributed by atoms with Crippen LogP contribution in [0.5, 0.6) is 0 Å². The van der Waals surface area contributed by atoms with Crippen molar-refractivity contribution >= 4 is 26.5 Å². The molecule has 38 heavy (non-hydrogen) atoms. The summed E-state index contributed by atoms with van der Waals surface area (Å²) in [5.74, 6) is -0.0645. The lowest BCUT2D eigenvalue weighted by Gasteiger charge is -2.31. The van der Waals surface area contributed by atoms with Gasteiger partial charge < -0.3 is 4.98 Å². The monoisotopic (exact) mass is 518 g/mol. The molecule has 0 saturated heterocycles. The second-order valence-electron chi connectivity index (χ2n) is 9.92. The number of aryl methyl sites for hydroxylation is 1. The molecule has 1 heterocycles. The normalized spacial score (nSPS) is 15.8. The van der Waals surface area contributed by atoms with E-state index in [1.54, 1.807) is 16.4 Å². The molecule has 4 nitrogen and oxygen atoms in total. The molecule has 0 fully saturated rings. The topological polar surface area (TPSA) is 53.2 Å². The first kappa shape index (κ1) is 24.3. The molecule has 0 saturated carbocycles. The minimum absolute atomic E-state index is 0.0645. The van der Waals surface area contributed by atoms with E-state index in [1.165, 1.54) is 0 Å². The fourth-order valence-electron chi connectivity index (χ4n) is 5.59. The van der Waals surface area contributed by atoms with Crippen LogP contribution < -0.4 is 0 Å².